The Bertz CT molecular complexity index is 842. The average molecular weight is 388 g/mol. The maximum absolute atomic E-state index is 12.1. The SMILES string of the molecule is O=C(NNC(=O)c1cc(Cl)ccc1Cl)c1cc(Cl)c2c(c1)OCO2. The van der Waals surface area contributed by atoms with Crippen molar-refractivity contribution in [1.29, 1.82) is 0 Å². The van der Waals surface area contributed by atoms with Crippen molar-refractivity contribution in [2.75, 3.05) is 6.79 Å². The van der Waals surface area contributed by atoms with E-state index in [1.165, 1.54) is 24.3 Å². The third-order valence-corrected chi connectivity index (χ3v) is 4.00. The largest absolute Gasteiger partial charge is 0.454 e. The van der Waals surface area contributed by atoms with Crippen LogP contribution in [-0.2, 0) is 0 Å². The molecule has 0 fully saturated rings. The molecule has 1 heterocycles. The first kappa shape index (κ1) is 16.7. The van der Waals surface area contributed by atoms with Gasteiger partial charge in [0.05, 0.1) is 15.6 Å². The van der Waals surface area contributed by atoms with E-state index in [1.54, 1.807) is 6.07 Å². The number of ether oxygens (including phenoxy) is 2. The highest BCUT2D eigenvalue weighted by molar-refractivity contribution is 6.35. The molecule has 9 heteroatoms. The molecule has 2 aromatic carbocycles. The maximum Gasteiger partial charge on any atom is 0.271 e. The van der Waals surface area contributed by atoms with Crippen molar-refractivity contribution in [2.24, 2.45) is 0 Å². The smallest absolute Gasteiger partial charge is 0.271 e. The Labute approximate surface area is 151 Å². The zero-order valence-corrected chi connectivity index (χ0v) is 14.1. The van der Waals surface area contributed by atoms with Gasteiger partial charge in [0.25, 0.3) is 11.8 Å². The zero-order valence-electron chi connectivity index (χ0n) is 11.9. The maximum atomic E-state index is 12.1. The van der Waals surface area contributed by atoms with E-state index in [-0.39, 0.29) is 28.0 Å². The number of benzene rings is 2. The minimum Gasteiger partial charge on any atom is -0.454 e. The fourth-order valence-corrected chi connectivity index (χ4v) is 2.66. The van der Waals surface area contributed by atoms with Gasteiger partial charge in [0.15, 0.2) is 11.5 Å². The van der Waals surface area contributed by atoms with Crippen molar-refractivity contribution < 1.29 is 19.1 Å². The fourth-order valence-electron chi connectivity index (χ4n) is 2.02. The van der Waals surface area contributed by atoms with E-state index in [4.69, 9.17) is 44.3 Å². The van der Waals surface area contributed by atoms with Crippen LogP contribution in [0, 0.1) is 0 Å². The number of halogens is 3. The number of hydrazine groups is 1. The first-order chi connectivity index (χ1) is 11.5. The molecule has 1 aliphatic rings. The topological polar surface area (TPSA) is 76.7 Å². The Kier molecular flexibility index (Phi) is 4.71. The van der Waals surface area contributed by atoms with Gasteiger partial charge in [-0.05, 0) is 30.3 Å². The van der Waals surface area contributed by atoms with Crippen LogP contribution in [0.15, 0.2) is 30.3 Å². The summed E-state index contributed by atoms with van der Waals surface area (Å²) in [6.45, 7) is 0.0319. The lowest BCUT2D eigenvalue weighted by atomic mass is 10.2. The van der Waals surface area contributed by atoms with Gasteiger partial charge in [0.2, 0.25) is 6.79 Å². The Morgan fingerprint density at radius 2 is 1.67 bits per heavy atom. The summed E-state index contributed by atoms with van der Waals surface area (Å²) in [5.41, 5.74) is 4.85. The van der Waals surface area contributed by atoms with Gasteiger partial charge < -0.3 is 9.47 Å². The van der Waals surface area contributed by atoms with E-state index in [2.05, 4.69) is 10.9 Å². The number of fused-ring (bicyclic) bond motifs is 1. The second kappa shape index (κ2) is 6.76. The number of carbonyl (C=O) groups excluding carboxylic acids is 2. The molecule has 0 radical (unpaired) electrons. The Morgan fingerprint density at radius 3 is 2.46 bits per heavy atom. The lowest BCUT2D eigenvalue weighted by Crippen LogP contribution is -2.41. The molecule has 0 unspecified atom stereocenters. The summed E-state index contributed by atoms with van der Waals surface area (Å²) in [5.74, 6) is -0.454. The van der Waals surface area contributed by atoms with Crippen LogP contribution in [0.5, 0.6) is 11.5 Å². The van der Waals surface area contributed by atoms with Gasteiger partial charge in [-0.15, -0.1) is 0 Å². The van der Waals surface area contributed by atoms with Gasteiger partial charge in [-0.3, -0.25) is 20.4 Å². The highest BCUT2D eigenvalue weighted by atomic mass is 35.5. The van der Waals surface area contributed by atoms with Crippen molar-refractivity contribution >= 4 is 46.6 Å². The van der Waals surface area contributed by atoms with Crippen LogP contribution in [0.25, 0.3) is 0 Å². The molecule has 2 aromatic rings. The predicted molar refractivity (Wildman–Crippen MR) is 89.0 cm³/mol. The van der Waals surface area contributed by atoms with Crippen molar-refractivity contribution in [2.45, 2.75) is 0 Å². The average Bonchev–Trinajstić information content (AvgIpc) is 3.03. The molecule has 0 atom stereocenters. The molecule has 24 heavy (non-hydrogen) atoms. The van der Waals surface area contributed by atoms with Crippen molar-refractivity contribution in [1.82, 2.24) is 10.9 Å². The standard InChI is InChI=1S/C15H9Cl3N2O4/c16-8-1-2-10(17)9(5-8)15(22)20-19-14(21)7-3-11(18)13-12(4-7)23-6-24-13/h1-5H,6H2,(H,19,21)(H,20,22). The number of nitrogens with one attached hydrogen (secondary N) is 2. The van der Waals surface area contributed by atoms with Gasteiger partial charge in [0, 0.05) is 10.6 Å². The minimum absolute atomic E-state index is 0.0319. The molecule has 0 saturated heterocycles. The van der Waals surface area contributed by atoms with E-state index in [0.717, 1.165) is 0 Å². The van der Waals surface area contributed by atoms with E-state index < -0.39 is 11.8 Å². The summed E-state index contributed by atoms with van der Waals surface area (Å²) in [6.07, 6.45) is 0. The first-order valence-corrected chi connectivity index (χ1v) is 7.74. The second-order valence-corrected chi connectivity index (χ2v) is 5.98. The molecule has 2 amide bonds. The molecular weight excluding hydrogens is 379 g/mol. The van der Waals surface area contributed by atoms with Crippen LogP contribution in [0.3, 0.4) is 0 Å². The monoisotopic (exact) mass is 386 g/mol. The van der Waals surface area contributed by atoms with Crippen LogP contribution in [0.4, 0.5) is 0 Å². The second-order valence-electron chi connectivity index (χ2n) is 4.72. The summed E-state index contributed by atoms with van der Waals surface area (Å²) in [4.78, 5) is 24.2. The van der Waals surface area contributed by atoms with Gasteiger partial charge in [0.1, 0.15) is 0 Å². The third kappa shape index (κ3) is 3.36. The van der Waals surface area contributed by atoms with Crippen molar-refractivity contribution in [3.05, 3.63) is 56.5 Å². The van der Waals surface area contributed by atoms with Crippen LogP contribution in [0.2, 0.25) is 15.1 Å². The molecule has 0 aromatic heterocycles. The molecular formula is C15H9Cl3N2O4. The summed E-state index contributed by atoms with van der Waals surface area (Å²) in [5, 5.41) is 0.787. The van der Waals surface area contributed by atoms with Gasteiger partial charge in [-0.25, -0.2) is 0 Å². The van der Waals surface area contributed by atoms with Crippen molar-refractivity contribution in [3.63, 3.8) is 0 Å². The van der Waals surface area contributed by atoms with Gasteiger partial charge in [-0.2, -0.15) is 0 Å². The number of amides is 2. The highest BCUT2D eigenvalue weighted by Crippen LogP contribution is 2.39. The number of hydrogen-bond donors (Lipinski definition) is 2. The van der Waals surface area contributed by atoms with Crippen LogP contribution < -0.4 is 20.3 Å². The van der Waals surface area contributed by atoms with E-state index in [1.807, 2.05) is 0 Å². The lowest BCUT2D eigenvalue weighted by molar-refractivity contribution is 0.0846. The summed E-state index contributed by atoms with van der Waals surface area (Å²) in [7, 11) is 0. The van der Waals surface area contributed by atoms with Gasteiger partial charge in [-0.1, -0.05) is 34.8 Å². The summed E-state index contributed by atoms with van der Waals surface area (Å²) >= 11 is 17.8. The Hall–Kier alpha value is -2.15. The molecule has 3 rings (SSSR count). The molecule has 0 spiro atoms. The first-order valence-electron chi connectivity index (χ1n) is 6.60. The summed E-state index contributed by atoms with van der Waals surface area (Å²) < 4.78 is 10.3. The minimum atomic E-state index is -0.609. The van der Waals surface area contributed by atoms with Gasteiger partial charge >= 0.3 is 0 Å². The predicted octanol–water partition coefficient (Wildman–Crippen LogP) is 3.45. The molecule has 1 aliphatic heterocycles. The third-order valence-electron chi connectivity index (χ3n) is 3.15. The number of hydrogen-bond acceptors (Lipinski definition) is 4. The quantitative estimate of drug-likeness (QED) is 0.774. The lowest BCUT2D eigenvalue weighted by Gasteiger charge is -2.09. The van der Waals surface area contributed by atoms with Crippen LogP contribution in [0.1, 0.15) is 20.7 Å². The molecule has 0 bridgehead atoms. The molecule has 0 saturated carbocycles. The summed E-state index contributed by atoms with van der Waals surface area (Å²) in [6, 6.07) is 7.29. The molecule has 124 valence electrons. The molecule has 0 aliphatic carbocycles. The zero-order chi connectivity index (χ0) is 17.3. The number of rotatable bonds is 2. The Morgan fingerprint density at radius 1 is 0.917 bits per heavy atom. The van der Waals surface area contributed by atoms with Crippen LogP contribution >= 0.6 is 34.8 Å². The van der Waals surface area contributed by atoms with E-state index in [0.29, 0.717) is 16.5 Å². The van der Waals surface area contributed by atoms with Crippen molar-refractivity contribution in [3.8, 4) is 11.5 Å². The molecule has 6 nitrogen and oxygen atoms in total. The highest BCUT2D eigenvalue weighted by Gasteiger charge is 2.21. The number of carbonyl (C=O) groups is 2. The fraction of sp³-hybridized carbons (Fsp3) is 0.0667. The normalized spacial score (nSPS) is 12.0. The van der Waals surface area contributed by atoms with E-state index >= 15 is 0 Å². The molecule has 2 N–H and O–H groups in total. The van der Waals surface area contributed by atoms with Crippen LogP contribution in [-0.4, -0.2) is 18.6 Å². The Balaban J connectivity index is 1.71. The van der Waals surface area contributed by atoms with E-state index in [9.17, 15) is 9.59 Å².